The highest BCUT2D eigenvalue weighted by Crippen LogP contribution is 2.38. The molecule has 2 aliphatic rings. The summed E-state index contributed by atoms with van der Waals surface area (Å²) in [7, 11) is 0. The van der Waals surface area contributed by atoms with Crippen molar-refractivity contribution in [2.45, 2.75) is 58.5 Å². The van der Waals surface area contributed by atoms with E-state index in [1.807, 2.05) is 0 Å². The van der Waals surface area contributed by atoms with Crippen molar-refractivity contribution in [1.82, 2.24) is 10.2 Å². The second-order valence-corrected chi connectivity index (χ2v) is 7.89. The number of nitrogens with zero attached hydrogens (tertiary/aromatic N) is 1. The Morgan fingerprint density at radius 1 is 1.35 bits per heavy atom. The number of hydrogen-bond donors (Lipinski definition) is 2. The number of rotatable bonds is 7. The number of carbonyl (C=O) groups is 1. The van der Waals surface area contributed by atoms with Crippen molar-refractivity contribution in [2.75, 3.05) is 39.3 Å². The van der Waals surface area contributed by atoms with Crippen LogP contribution in [0.5, 0.6) is 0 Å². The molecule has 2 rings (SSSR count). The van der Waals surface area contributed by atoms with Gasteiger partial charge in [0.1, 0.15) is 0 Å². The van der Waals surface area contributed by atoms with Gasteiger partial charge >= 0.3 is 0 Å². The van der Waals surface area contributed by atoms with Crippen molar-refractivity contribution in [3.05, 3.63) is 0 Å². The predicted octanol–water partition coefficient (Wildman–Crippen LogP) is 1.76. The van der Waals surface area contributed by atoms with Gasteiger partial charge in [0.2, 0.25) is 5.91 Å². The molecule has 134 valence electrons. The molecule has 1 heterocycles. The molecule has 0 bridgehead atoms. The van der Waals surface area contributed by atoms with Crippen LogP contribution in [0.2, 0.25) is 0 Å². The number of nitrogens with one attached hydrogen (secondary N) is 1. The van der Waals surface area contributed by atoms with Gasteiger partial charge in [-0.15, -0.1) is 0 Å². The van der Waals surface area contributed by atoms with Crippen LogP contribution in [0.4, 0.5) is 0 Å². The first-order valence-corrected chi connectivity index (χ1v) is 9.34. The normalized spacial score (nSPS) is 25.5. The van der Waals surface area contributed by atoms with Crippen molar-refractivity contribution < 1.29 is 9.53 Å². The first-order chi connectivity index (χ1) is 11.0. The van der Waals surface area contributed by atoms with Crippen LogP contribution >= 0.6 is 0 Å². The van der Waals surface area contributed by atoms with Gasteiger partial charge < -0.3 is 15.8 Å². The summed E-state index contributed by atoms with van der Waals surface area (Å²) < 4.78 is 5.80. The quantitative estimate of drug-likeness (QED) is 0.748. The minimum atomic E-state index is 0.0411. The zero-order valence-electron chi connectivity index (χ0n) is 15.0. The van der Waals surface area contributed by atoms with E-state index in [1.165, 1.54) is 19.3 Å². The van der Waals surface area contributed by atoms with Crippen LogP contribution in [0.1, 0.15) is 52.4 Å². The number of carbonyl (C=O) groups excluding carboxylic acids is 1. The summed E-state index contributed by atoms with van der Waals surface area (Å²) in [5, 5.41) is 3.09. The highest BCUT2D eigenvalue weighted by Gasteiger charge is 2.33. The van der Waals surface area contributed by atoms with Crippen LogP contribution in [0, 0.1) is 11.3 Å². The smallest absolute Gasteiger partial charge is 0.220 e. The summed E-state index contributed by atoms with van der Waals surface area (Å²) in [6.45, 7) is 9.51. The molecule has 3 N–H and O–H groups in total. The lowest BCUT2D eigenvalue weighted by atomic mass is 9.71. The third-order valence-electron chi connectivity index (χ3n) is 5.26. The fourth-order valence-corrected chi connectivity index (χ4v) is 3.97. The molecule has 0 aromatic rings. The van der Waals surface area contributed by atoms with Crippen LogP contribution in [0.25, 0.3) is 0 Å². The molecule has 5 heteroatoms. The zero-order chi connectivity index (χ0) is 16.7. The lowest BCUT2D eigenvalue weighted by molar-refractivity contribution is -0.125. The SMILES string of the molecule is CC(C)CN1CCOC(CNC(=O)CC2(CN)CCCCC2)C1. The summed E-state index contributed by atoms with van der Waals surface area (Å²) in [5.41, 5.74) is 6.02. The summed E-state index contributed by atoms with van der Waals surface area (Å²) in [5.74, 6) is 0.806. The number of morpholine rings is 1. The van der Waals surface area contributed by atoms with E-state index in [0.717, 1.165) is 39.1 Å². The van der Waals surface area contributed by atoms with E-state index < -0.39 is 0 Å². The van der Waals surface area contributed by atoms with Crippen LogP contribution < -0.4 is 11.1 Å². The van der Waals surface area contributed by atoms with Crippen LogP contribution in [0.15, 0.2) is 0 Å². The van der Waals surface area contributed by atoms with E-state index in [-0.39, 0.29) is 17.4 Å². The van der Waals surface area contributed by atoms with Crippen LogP contribution in [0.3, 0.4) is 0 Å². The summed E-state index contributed by atoms with van der Waals surface area (Å²) >= 11 is 0. The zero-order valence-corrected chi connectivity index (χ0v) is 15.0. The van der Waals surface area contributed by atoms with Gasteiger partial charge in [-0.25, -0.2) is 0 Å². The highest BCUT2D eigenvalue weighted by atomic mass is 16.5. The van der Waals surface area contributed by atoms with Gasteiger partial charge in [-0.3, -0.25) is 9.69 Å². The Morgan fingerprint density at radius 3 is 2.74 bits per heavy atom. The van der Waals surface area contributed by atoms with Gasteiger partial charge in [0.25, 0.3) is 0 Å². The average Bonchev–Trinajstić information content (AvgIpc) is 2.53. The summed E-state index contributed by atoms with van der Waals surface area (Å²) in [4.78, 5) is 14.8. The molecule has 0 aromatic carbocycles. The molecule has 1 aliphatic carbocycles. The van der Waals surface area contributed by atoms with Crippen LogP contribution in [-0.4, -0.2) is 56.2 Å². The molecule has 0 aromatic heterocycles. The molecular weight excluding hydrogens is 290 g/mol. The Balaban J connectivity index is 1.73. The highest BCUT2D eigenvalue weighted by molar-refractivity contribution is 5.76. The summed E-state index contributed by atoms with van der Waals surface area (Å²) in [6.07, 6.45) is 6.59. The third kappa shape index (κ3) is 6.05. The van der Waals surface area contributed by atoms with Crippen molar-refractivity contribution in [1.29, 1.82) is 0 Å². The van der Waals surface area contributed by atoms with E-state index in [4.69, 9.17) is 10.5 Å². The van der Waals surface area contributed by atoms with E-state index >= 15 is 0 Å². The fourth-order valence-electron chi connectivity index (χ4n) is 3.97. The van der Waals surface area contributed by atoms with Gasteiger partial charge in [-0.05, 0) is 30.7 Å². The van der Waals surface area contributed by atoms with E-state index in [0.29, 0.717) is 25.4 Å². The van der Waals surface area contributed by atoms with Crippen LogP contribution in [-0.2, 0) is 9.53 Å². The van der Waals surface area contributed by atoms with E-state index in [9.17, 15) is 4.79 Å². The van der Waals surface area contributed by atoms with Gasteiger partial charge in [-0.1, -0.05) is 33.1 Å². The Hall–Kier alpha value is -0.650. The number of ether oxygens (including phenoxy) is 1. The minimum Gasteiger partial charge on any atom is -0.374 e. The standard InChI is InChI=1S/C18H35N3O2/c1-15(2)12-21-8-9-23-16(13-21)11-20-17(22)10-18(14-19)6-4-3-5-7-18/h15-16H,3-14,19H2,1-2H3,(H,20,22). The first-order valence-electron chi connectivity index (χ1n) is 9.34. The number of nitrogens with two attached hydrogens (primary N) is 1. The lowest BCUT2D eigenvalue weighted by Gasteiger charge is -2.36. The Morgan fingerprint density at radius 2 is 2.09 bits per heavy atom. The number of amides is 1. The van der Waals surface area contributed by atoms with Crippen molar-refractivity contribution >= 4 is 5.91 Å². The predicted molar refractivity (Wildman–Crippen MR) is 93.2 cm³/mol. The van der Waals surface area contributed by atoms with Crippen molar-refractivity contribution in [3.8, 4) is 0 Å². The Bertz CT molecular complexity index is 367. The van der Waals surface area contributed by atoms with Crippen molar-refractivity contribution in [3.63, 3.8) is 0 Å². The Labute approximate surface area is 141 Å². The molecule has 2 fully saturated rings. The Kier molecular flexibility index (Phi) is 7.31. The van der Waals surface area contributed by atoms with E-state index in [2.05, 4.69) is 24.1 Å². The fraction of sp³-hybridized carbons (Fsp3) is 0.944. The molecule has 0 radical (unpaired) electrons. The molecule has 1 saturated heterocycles. The maximum atomic E-state index is 12.3. The largest absolute Gasteiger partial charge is 0.374 e. The molecule has 1 unspecified atom stereocenters. The molecule has 1 aliphatic heterocycles. The topological polar surface area (TPSA) is 67.6 Å². The maximum Gasteiger partial charge on any atom is 0.220 e. The van der Waals surface area contributed by atoms with Gasteiger partial charge in [-0.2, -0.15) is 0 Å². The lowest BCUT2D eigenvalue weighted by Crippen LogP contribution is -2.49. The molecule has 23 heavy (non-hydrogen) atoms. The molecular formula is C18H35N3O2. The molecule has 1 atom stereocenters. The minimum absolute atomic E-state index is 0.0411. The van der Waals surface area contributed by atoms with Gasteiger partial charge in [0.05, 0.1) is 12.7 Å². The van der Waals surface area contributed by atoms with Gasteiger partial charge in [0.15, 0.2) is 0 Å². The third-order valence-corrected chi connectivity index (χ3v) is 5.26. The van der Waals surface area contributed by atoms with E-state index in [1.54, 1.807) is 0 Å². The van der Waals surface area contributed by atoms with Gasteiger partial charge in [0, 0.05) is 32.6 Å². The second-order valence-electron chi connectivity index (χ2n) is 7.89. The second kappa shape index (κ2) is 9.00. The average molecular weight is 325 g/mol. The molecule has 0 spiro atoms. The summed E-state index contributed by atoms with van der Waals surface area (Å²) in [6, 6.07) is 0. The monoisotopic (exact) mass is 325 g/mol. The maximum absolute atomic E-state index is 12.3. The molecule has 1 saturated carbocycles. The molecule has 1 amide bonds. The first kappa shape index (κ1) is 18.7. The van der Waals surface area contributed by atoms with Crippen molar-refractivity contribution in [2.24, 2.45) is 17.1 Å². The number of hydrogen-bond acceptors (Lipinski definition) is 4. The molecule has 5 nitrogen and oxygen atoms in total.